The average molecular weight is 397 g/mol. The van der Waals surface area contributed by atoms with Crippen LogP contribution in [0.25, 0.3) is 6.08 Å². The lowest BCUT2D eigenvalue weighted by Crippen LogP contribution is -2.29. The third-order valence-corrected chi connectivity index (χ3v) is 4.28. The summed E-state index contributed by atoms with van der Waals surface area (Å²) in [4.78, 5) is 24.3. The highest BCUT2D eigenvalue weighted by Crippen LogP contribution is 2.33. The Kier molecular flexibility index (Phi) is 5.24. The molecule has 0 spiro atoms. The smallest absolute Gasteiger partial charge is 0.331 e. The van der Waals surface area contributed by atoms with Crippen molar-refractivity contribution in [3.8, 4) is 23.0 Å². The summed E-state index contributed by atoms with van der Waals surface area (Å²) in [6, 6.07) is 10.4. The summed E-state index contributed by atoms with van der Waals surface area (Å²) in [6.07, 6.45) is 1.86. The quantitative estimate of drug-likeness (QED) is 0.613. The fourth-order valence-electron chi connectivity index (χ4n) is 2.81. The monoisotopic (exact) mass is 397 g/mol. The maximum atomic E-state index is 12.3. The van der Waals surface area contributed by atoms with E-state index in [1.807, 2.05) is 0 Å². The summed E-state index contributed by atoms with van der Waals surface area (Å²) in [7, 11) is 0. The van der Waals surface area contributed by atoms with E-state index >= 15 is 0 Å². The Morgan fingerprint density at radius 1 is 0.966 bits per heavy atom. The standard InChI is InChI=1S/C21H19NO7/c1-13(21(24)22-15-4-6-16-19(11-15)26-9-8-25-16)29-20(23)7-3-14-2-5-17-18(10-14)28-12-27-17/h2-7,10-11,13H,8-9,12H2,1H3,(H,22,24). The lowest BCUT2D eigenvalue weighted by molar-refractivity contribution is -0.148. The predicted molar refractivity (Wildman–Crippen MR) is 103 cm³/mol. The van der Waals surface area contributed by atoms with Crippen molar-refractivity contribution in [2.45, 2.75) is 13.0 Å². The number of fused-ring (bicyclic) bond motifs is 2. The third-order valence-electron chi connectivity index (χ3n) is 4.28. The van der Waals surface area contributed by atoms with Gasteiger partial charge in [0.15, 0.2) is 29.1 Å². The van der Waals surface area contributed by atoms with Gasteiger partial charge in [0.2, 0.25) is 6.79 Å². The molecule has 0 aromatic heterocycles. The number of hydrogen-bond acceptors (Lipinski definition) is 7. The van der Waals surface area contributed by atoms with E-state index in [1.54, 1.807) is 42.5 Å². The van der Waals surface area contributed by atoms with Crippen molar-refractivity contribution >= 4 is 23.6 Å². The summed E-state index contributed by atoms with van der Waals surface area (Å²) >= 11 is 0. The summed E-state index contributed by atoms with van der Waals surface area (Å²) in [6.45, 7) is 2.62. The van der Waals surface area contributed by atoms with E-state index in [0.29, 0.717) is 41.9 Å². The Hall–Kier alpha value is -3.68. The summed E-state index contributed by atoms with van der Waals surface area (Å²) in [5.41, 5.74) is 1.28. The van der Waals surface area contributed by atoms with Crippen molar-refractivity contribution in [3.63, 3.8) is 0 Å². The Labute approximate surface area is 167 Å². The van der Waals surface area contributed by atoms with Crippen LogP contribution >= 0.6 is 0 Å². The van der Waals surface area contributed by atoms with E-state index in [2.05, 4.69) is 5.32 Å². The van der Waals surface area contributed by atoms with Crippen LogP contribution in [0.15, 0.2) is 42.5 Å². The van der Waals surface area contributed by atoms with Crippen molar-refractivity contribution < 1.29 is 33.3 Å². The molecule has 2 heterocycles. The average Bonchev–Trinajstić information content (AvgIpc) is 3.20. The summed E-state index contributed by atoms with van der Waals surface area (Å²) in [5.74, 6) is 1.38. The molecule has 1 N–H and O–H groups in total. The Morgan fingerprint density at radius 2 is 1.66 bits per heavy atom. The SMILES string of the molecule is CC(OC(=O)C=Cc1ccc2c(c1)OCO2)C(=O)Nc1ccc2c(c1)OCCO2. The van der Waals surface area contributed by atoms with Crippen molar-refractivity contribution in [1.82, 2.24) is 0 Å². The molecule has 0 saturated heterocycles. The number of rotatable bonds is 5. The van der Waals surface area contributed by atoms with Gasteiger partial charge in [0, 0.05) is 17.8 Å². The van der Waals surface area contributed by atoms with Crippen LogP contribution in [0.5, 0.6) is 23.0 Å². The van der Waals surface area contributed by atoms with Gasteiger partial charge in [-0.2, -0.15) is 0 Å². The van der Waals surface area contributed by atoms with E-state index in [0.717, 1.165) is 5.56 Å². The van der Waals surface area contributed by atoms with E-state index in [4.69, 9.17) is 23.7 Å². The number of amides is 1. The van der Waals surface area contributed by atoms with Crippen LogP contribution in [-0.4, -0.2) is 38.0 Å². The van der Waals surface area contributed by atoms with Crippen LogP contribution in [-0.2, 0) is 14.3 Å². The number of benzene rings is 2. The molecule has 29 heavy (non-hydrogen) atoms. The van der Waals surface area contributed by atoms with Gasteiger partial charge < -0.3 is 29.0 Å². The van der Waals surface area contributed by atoms with Crippen LogP contribution in [0.1, 0.15) is 12.5 Å². The van der Waals surface area contributed by atoms with Crippen molar-refractivity contribution in [3.05, 3.63) is 48.0 Å². The van der Waals surface area contributed by atoms with Gasteiger partial charge in [0.25, 0.3) is 5.91 Å². The van der Waals surface area contributed by atoms with Crippen LogP contribution in [0.2, 0.25) is 0 Å². The van der Waals surface area contributed by atoms with Crippen LogP contribution < -0.4 is 24.3 Å². The van der Waals surface area contributed by atoms with Crippen molar-refractivity contribution in [2.75, 3.05) is 25.3 Å². The Morgan fingerprint density at radius 3 is 2.52 bits per heavy atom. The van der Waals surface area contributed by atoms with Gasteiger partial charge in [0.1, 0.15) is 13.2 Å². The molecule has 1 unspecified atom stereocenters. The lowest BCUT2D eigenvalue weighted by Gasteiger charge is -2.19. The number of ether oxygens (including phenoxy) is 5. The molecule has 2 aromatic rings. The fourth-order valence-corrected chi connectivity index (χ4v) is 2.81. The van der Waals surface area contributed by atoms with Gasteiger partial charge in [-0.05, 0) is 42.8 Å². The predicted octanol–water partition coefficient (Wildman–Crippen LogP) is 2.77. The van der Waals surface area contributed by atoms with Gasteiger partial charge in [0.05, 0.1) is 0 Å². The second-order valence-corrected chi connectivity index (χ2v) is 6.37. The highest BCUT2D eigenvalue weighted by molar-refractivity contribution is 5.96. The van der Waals surface area contributed by atoms with Crippen LogP contribution in [0.3, 0.4) is 0 Å². The second-order valence-electron chi connectivity index (χ2n) is 6.37. The molecule has 0 saturated carbocycles. The zero-order valence-corrected chi connectivity index (χ0v) is 15.7. The highest BCUT2D eigenvalue weighted by atomic mass is 16.7. The fraction of sp³-hybridized carbons (Fsp3) is 0.238. The topological polar surface area (TPSA) is 92.3 Å². The molecule has 0 radical (unpaired) electrons. The lowest BCUT2D eigenvalue weighted by atomic mass is 10.2. The normalized spacial score (nSPS) is 15.1. The van der Waals surface area contributed by atoms with Crippen molar-refractivity contribution in [2.24, 2.45) is 0 Å². The van der Waals surface area contributed by atoms with Crippen LogP contribution in [0, 0.1) is 0 Å². The highest BCUT2D eigenvalue weighted by Gasteiger charge is 2.19. The number of anilines is 1. The number of esters is 1. The first kappa shape index (κ1) is 18.7. The van der Waals surface area contributed by atoms with Gasteiger partial charge in [-0.3, -0.25) is 4.79 Å². The molecule has 8 heteroatoms. The summed E-state index contributed by atoms with van der Waals surface area (Å²) in [5, 5.41) is 2.69. The maximum Gasteiger partial charge on any atom is 0.331 e. The molecule has 0 fully saturated rings. The van der Waals surface area contributed by atoms with E-state index in [-0.39, 0.29) is 6.79 Å². The molecule has 150 valence electrons. The number of carbonyl (C=O) groups excluding carboxylic acids is 2. The van der Waals surface area contributed by atoms with E-state index in [1.165, 1.54) is 13.0 Å². The minimum absolute atomic E-state index is 0.181. The molecular formula is C21H19NO7. The molecule has 0 bridgehead atoms. The maximum absolute atomic E-state index is 12.3. The van der Waals surface area contributed by atoms with Gasteiger partial charge >= 0.3 is 5.97 Å². The van der Waals surface area contributed by atoms with E-state index in [9.17, 15) is 9.59 Å². The largest absolute Gasteiger partial charge is 0.486 e. The molecule has 8 nitrogen and oxygen atoms in total. The van der Waals surface area contributed by atoms with Gasteiger partial charge in [-0.25, -0.2) is 4.79 Å². The van der Waals surface area contributed by atoms with Crippen molar-refractivity contribution in [1.29, 1.82) is 0 Å². The summed E-state index contributed by atoms with van der Waals surface area (Å²) < 4.78 is 26.6. The first-order chi connectivity index (χ1) is 14.1. The molecule has 1 atom stereocenters. The third kappa shape index (κ3) is 4.43. The first-order valence-corrected chi connectivity index (χ1v) is 9.07. The molecule has 2 aromatic carbocycles. The first-order valence-electron chi connectivity index (χ1n) is 9.07. The minimum atomic E-state index is -0.975. The molecule has 0 aliphatic carbocycles. The number of carbonyl (C=O) groups is 2. The van der Waals surface area contributed by atoms with Crippen LogP contribution in [0.4, 0.5) is 5.69 Å². The molecular weight excluding hydrogens is 378 g/mol. The van der Waals surface area contributed by atoms with Gasteiger partial charge in [-0.15, -0.1) is 0 Å². The zero-order chi connectivity index (χ0) is 20.2. The molecule has 1 amide bonds. The second kappa shape index (κ2) is 8.14. The Bertz CT molecular complexity index is 969. The number of nitrogens with one attached hydrogen (secondary N) is 1. The van der Waals surface area contributed by atoms with Gasteiger partial charge in [-0.1, -0.05) is 6.07 Å². The minimum Gasteiger partial charge on any atom is -0.486 e. The number of hydrogen-bond donors (Lipinski definition) is 1. The zero-order valence-electron chi connectivity index (χ0n) is 15.7. The molecule has 4 rings (SSSR count). The Balaban J connectivity index is 1.31. The molecule has 2 aliphatic rings. The van der Waals surface area contributed by atoms with E-state index < -0.39 is 18.0 Å². The molecule has 2 aliphatic heterocycles.